The van der Waals surface area contributed by atoms with Gasteiger partial charge in [-0.25, -0.2) is 0 Å². The largest absolute Gasteiger partial charge is 0.0622 e. The fraction of sp³-hybridized carbons (Fsp3) is 0. The molecule has 0 aromatic heterocycles. The fourth-order valence-electron chi connectivity index (χ4n) is 14.3. The van der Waals surface area contributed by atoms with Crippen molar-refractivity contribution in [1.82, 2.24) is 0 Å². The molecule has 0 unspecified atom stereocenters. The third-order valence-corrected chi connectivity index (χ3v) is 17.8. The van der Waals surface area contributed by atoms with E-state index in [1.54, 1.807) is 0 Å². The van der Waals surface area contributed by atoms with Crippen molar-refractivity contribution in [3.63, 3.8) is 0 Å². The van der Waals surface area contributed by atoms with E-state index in [1.807, 2.05) is 0 Å². The minimum Gasteiger partial charge on any atom is -0.0622 e. The molecule has 82 heavy (non-hydrogen) atoms. The first-order valence-corrected chi connectivity index (χ1v) is 28.6. The Labute approximate surface area is 477 Å². The van der Waals surface area contributed by atoms with Gasteiger partial charge in [-0.15, -0.1) is 0 Å². The Morgan fingerprint density at radius 1 is 0.110 bits per heavy atom. The molecule has 2 aliphatic carbocycles. The average molecular weight is 1040 g/mol. The van der Waals surface area contributed by atoms with E-state index in [-0.39, 0.29) is 0 Å². The quantitative estimate of drug-likeness (QED) is 0.142. The van der Waals surface area contributed by atoms with Gasteiger partial charge in [-0.05, 0) is 177 Å². The highest BCUT2D eigenvalue weighted by Gasteiger charge is 2.34. The van der Waals surface area contributed by atoms with Crippen LogP contribution in [0.15, 0.2) is 303 Å². The molecule has 0 saturated carbocycles. The molecule has 0 amide bonds. The summed E-state index contributed by atoms with van der Waals surface area (Å²) in [6.45, 7) is 0. The molecule has 2 aliphatic rings. The maximum absolute atomic E-state index is 2.45. The maximum Gasteiger partial charge on any atom is -0.000741 e. The Bertz CT molecular complexity index is 4920. The smallest absolute Gasteiger partial charge is 0.000741 e. The second-order valence-electron chi connectivity index (χ2n) is 22.1. The van der Waals surface area contributed by atoms with E-state index >= 15 is 0 Å². The summed E-state index contributed by atoms with van der Waals surface area (Å²) < 4.78 is 0. The Balaban J connectivity index is 0.898. The van der Waals surface area contributed by atoms with Crippen molar-refractivity contribution >= 4 is 43.1 Å². The lowest BCUT2D eigenvalue weighted by atomic mass is 9.82. The van der Waals surface area contributed by atoms with E-state index in [0.717, 1.165) is 0 Å². The van der Waals surface area contributed by atoms with Crippen LogP contribution in [0, 0.1) is 0 Å². The van der Waals surface area contributed by atoms with Gasteiger partial charge in [-0.1, -0.05) is 303 Å². The first kappa shape index (κ1) is 46.3. The lowest BCUT2D eigenvalue weighted by Gasteiger charge is -2.21. The molecule has 0 N–H and O–H groups in total. The highest BCUT2D eigenvalue weighted by Crippen LogP contribution is 2.61. The second-order valence-corrected chi connectivity index (χ2v) is 22.1. The van der Waals surface area contributed by atoms with Crippen LogP contribution < -0.4 is 0 Å². The average Bonchev–Trinajstić information content (AvgIpc) is 2.72. The van der Waals surface area contributed by atoms with Crippen molar-refractivity contribution in [2.75, 3.05) is 0 Å². The molecule has 17 rings (SSSR count). The van der Waals surface area contributed by atoms with Gasteiger partial charge in [-0.2, -0.15) is 0 Å². The standard InChI is InChI=1S/C82H50/c1-5-19-51(20-6-1)54-35-41-58(42-36-54)74-67-29-15-16-30-68(67)76(60-45-39-56(40-46-60)53-23-9-3-10-24-53)82-72-50-48-62(64-32-18-34-70(78(64)72)80(74)82)61-47-49-71-77-63(61)31-17-33-69(77)79-73(57-25-11-4-12-26-57)65-27-13-14-28-66(65)75(81(71)79)59-43-37-55(38-44-59)52-21-7-2-8-22-52/h1-50H. The Morgan fingerprint density at radius 2 is 0.317 bits per heavy atom. The minimum atomic E-state index is 1.21. The van der Waals surface area contributed by atoms with Gasteiger partial charge in [0.25, 0.3) is 0 Å². The summed E-state index contributed by atoms with van der Waals surface area (Å²) in [7, 11) is 0. The van der Waals surface area contributed by atoms with Crippen molar-refractivity contribution in [3.05, 3.63) is 303 Å². The summed E-state index contributed by atoms with van der Waals surface area (Å²) in [4.78, 5) is 0. The van der Waals surface area contributed by atoms with E-state index in [1.165, 1.54) is 177 Å². The van der Waals surface area contributed by atoms with Crippen LogP contribution in [0.4, 0.5) is 0 Å². The summed E-state index contributed by atoms with van der Waals surface area (Å²) in [5.74, 6) is 0. The highest BCUT2D eigenvalue weighted by molar-refractivity contribution is 6.32. The zero-order chi connectivity index (χ0) is 53.8. The number of benzene rings is 15. The molecule has 0 atom stereocenters. The summed E-state index contributed by atoms with van der Waals surface area (Å²) in [5, 5.41) is 10.2. The summed E-state index contributed by atoms with van der Waals surface area (Å²) in [6, 6.07) is 113. The van der Waals surface area contributed by atoms with E-state index < -0.39 is 0 Å². The van der Waals surface area contributed by atoms with Gasteiger partial charge in [-0.3, -0.25) is 0 Å². The van der Waals surface area contributed by atoms with Crippen molar-refractivity contribution in [2.24, 2.45) is 0 Å². The minimum absolute atomic E-state index is 1.21. The van der Waals surface area contributed by atoms with Gasteiger partial charge in [0.05, 0.1) is 0 Å². The lowest BCUT2D eigenvalue weighted by Crippen LogP contribution is -1.94. The molecular formula is C82H50. The third kappa shape index (κ3) is 6.98. The highest BCUT2D eigenvalue weighted by atomic mass is 14.4. The maximum atomic E-state index is 2.45. The van der Waals surface area contributed by atoms with Crippen LogP contribution in [-0.2, 0) is 0 Å². The zero-order valence-electron chi connectivity index (χ0n) is 44.9. The fourth-order valence-corrected chi connectivity index (χ4v) is 14.3. The molecule has 0 fully saturated rings. The summed E-state index contributed by atoms with van der Waals surface area (Å²) >= 11 is 0. The van der Waals surface area contributed by atoms with E-state index in [2.05, 4.69) is 303 Å². The van der Waals surface area contributed by atoms with E-state index in [4.69, 9.17) is 0 Å². The number of rotatable bonds is 8. The van der Waals surface area contributed by atoms with Gasteiger partial charge in [0.15, 0.2) is 0 Å². The predicted octanol–water partition coefficient (Wildman–Crippen LogP) is 22.9. The molecule has 0 heterocycles. The van der Waals surface area contributed by atoms with Gasteiger partial charge >= 0.3 is 0 Å². The van der Waals surface area contributed by atoms with Crippen LogP contribution in [-0.4, -0.2) is 0 Å². The van der Waals surface area contributed by atoms with E-state index in [0.29, 0.717) is 0 Å². The van der Waals surface area contributed by atoms with Crippen LogP contribution >= 0.6 is 0 Å². The van der Waals surface area contributed by atoms with Gasteiger partial charge in [0.1, 0.15) is 0 Å². The van der Waals surface area contributed by atoms with Crippen LogP contribution in [0.1, 0.15) is 0 Å². The monoisotopic (exact) mass is 1030 g/mol. The van der Waals surface area contributed by atoms with Crippen molar-refractivity contribution in [1.29, 1.82) is 0 Å². The molecule has 0 heteroatoms. The molecular weight excluding hydrogens is 985 g/mol. The molecule has 0 radical (unpaired) electrons. The number of fused-ring (bicyclic) bond motifs is 8. The molecule has 0 aliphatic heterocycles. The molecule has 0 saturated heterocycles. The van der Waals surface area contributed by atoms with E-state index in [9.17, 15) is 0 Å². The SMILES string of the molecule is c1ccc(-c2ccc(-c3c4c(c(-c5ccc(-c6ccccc6)cc5)c5ccccc35)-c3ccc(-c5ccc6c7c(cccc57)-c5c-6c(-c6ccc(-c7ccccc7)cc6)c6ccccc6c5-c5ccccc5)c5cccc-4c35)cc2)cc1. The molecule has 15 aromatic carbocycles. The van der Waals surface area contributed by atoms with Crippen LogP contribution in [0.3, 0.4) is 0 Å². The molecule has 0 spiro atoms. The van der Waals surface area contributed by atoms with Gasteiger partial charge < -0.3 is 0 Å². The predicted molar refractivity (Wildman–Crippen MR) is 349 cm³/mol. The Hall–Kier alpha value is -10.7. The third-order valence-electron chi connectivity index (χ3n) is 17.8. The molecule has 378 valence electrons. The molecule has 0 bridgehead atoms. The number of hydrogen-bond acceptors (Lipinski definition) is 0. The van der Waals surface area contributed by atoms with Crippen molar-refractivity contribution in [2.45, 2.75) is 0 Å². The Morgan fingerprint density at radius 3 is 0.622 bits per heavy atom. The first-order chi connectivity index (χ1) is 40.7. The molecule has 15 aromatic rings. The van der Waals surface area contributed by atoms with Gasteiger partial charge in [0, 0.05) is 0 Å². The lowest BCUT2D eigenvalue weighted by molar-refractivity contribution is 1.59. The summed E-state index contributed by atoms with van der Waals surface area (Å²) in [5.41, 5.74) is 30.1. The normalized spacial score (nSPS) is 11.9. The zero-order valence-corrected chi connectivity index (χ0v) is 44.9. The molecule has 0 nitrogen and oxygen atoms in total. The van der Waals surface area contributed by atoms with Crippen molar-refractivity contribution < 1.29 is 0 Å². The van der Waals surface area contributed by atoms with Crippen molar-refractivity contribution in [3.8, 4) is 134 Å². The van der Waals surface area contributed by atoms with Crippen LogP contribution in [0.25, 0.3) is 177 Å². The summed E-state index contributed by atoms with van der Waals surface area (Å²) in [6.07, 6.45) is 0. The topological polar surface area (TPSA) is 0 Å². The second kappa shape index (κ2) is 18.5. The van der Waals surface area contributed by atoms with Crippen LogP contribution in [0.5, 0.6) is 0 Å². The first-order valence-electron chi connectivity index (χ1n) is 28.6. The Kier molecular flexibility index (Phi) is 10.4. The van der Waals surface area contributed by atoms with Crippen LogP contribution in [0.2, 0.25) is 0 Å². The number of hydrogen-bond donors (Lipinski definition) is 0. The van der Waals surface area contributed by atoms with Gasteiger partial charge in [0.2, 0.25) is 0 Å².